The summed E-state index contributed by atoms with van der Waals surface area (Å²) >= 11 is 0. The second kappa shape index (κ2) is 6.80. The van der Waals surface area contributed by atoms with E-state index < -0.39 is 0 Å². The zero-order chi connectivity index (χ0) is 17.2. The van der Waals surface area contributed by atoms with Crippen molar-refractivity contribution >= 4 is 6.03 Å². The molecule has 6 heteroatoms. The van der Waals surface area contributed by atoms with Crippen LogP contribution in [0.3, 0.4) is 0 Å². The fourth-order valence-electron chi connectivity index (χ4n) is 3.61. The van der Waals surface area contributed by atoms with Gasteiger partial charge >= 0.3 is 6.03 Å². The Hall–Kier alpha value is -2.47. The molecule has 0 radical (unpaired) electrons. The lowest BCUT2D eigenvalue weighted by atomic mass is 10.1. The molecule has 0 saturated carbocycles. The summed E-state index contributed by atoms with van der Waals surface area (Å²) in [7, 11) is 1.64. The van der Waals surface area contributed by atoms with E-state index >= 15 is 0 Å². The van der Waals surface area contributed by atoms with Crippen LogP contribution in [0.2, 0.25) is 0 Å². The molecule has 2 amide bonds. The topological polar surface area (TPSA) is 63.9 Å². The van der Waals surface area contributed by atoms with E-state index in [2.05, 4.69) is 5.32 Å². The van der Waals surface area contributed by atoms with Crippen molar-refractivity contribution in [1.82, 2.24) is 10.2 Å². The third-order valence-corrected chi connectivity index (χ3v) is 4.81. The molecule has 1 fully saturated rings. The van der Waals surface area contributed by atoms with Crippen LogP contribution in [-0.4, -0.2) is 31.2 Å². The van der Waals surface area contributed by atoms with Gasteiger partial charge in [-0.2, -0.15) is 0 Å². The number of methoxy groups -OCH3 is 1. The Labute approximate surface area is 146 Å². The highest BCUT2D eigenvalue weighted by atomic mass is 16.5. The monoisotopic (exact) mass is 342 g/mol. The largest absolute Gasteiger partial charge is 0.491 e. The molecule has 0 spiro atoms. The number of para-hydroxylation sites is 1. The van der Waals surface area contributed by atoms with Crippen LogP contribution >= 0.6 is 0 Å². The molecular formula is C19H22N2O4. The van der Waals surface area contributed by atoms with Gasteiger partial charge in [-0.25, -0.2) is 4.79 Å². The fraction of sp³-hybridized carbons (Fsp3) is 0.421. The molecule has 1 saturated heterocycles. The van der Waals surface area contributed by atoms with E-state index in [0.717, 1.165) is 42.2 Å². The number of hydrogen-bond acceptors (Lipinski definition) is 4. The Morgan fingerprint density at radius 1 is 1.32 bits per heavy atom. The summed E-state index contributed by atoms with van der Waals surface area (Å²) in [5.74, 6) is 2.45. The summed E-state index contributed by atoms with van der Waals surface area (Å²) in [6, 6.07) is 11.5. The minimum atomic E-state index is -0.106. The summed E-state index contributed by atoms with van der Waals surface area (Å²) in [6.45, 7) is 1.64. The SMILES string of the molecule is COCc1ccc(C2CCCN2C(=O)NC2COc3ccccc32)o1. The maximum atomic E-state index is 12.8. The van der Waals surface area contributed by atoms with E-state index in [9.17, 15) is 4.79 Å². The lowest BCUT2D eigenvalue weighted by Crippen LogP contribution is -2.41. The normalized spacial score (nSPS) is 21.9. The minimum Gasteiger partial charge on any atom is -0.491 e. The highest BCUT2D eigenvalue weighted by molar-refractivity contribution is 5.76. The summed E-state index contributed by atoms with van der Waals surface area (Å²) in [5, 5.41) is 3.10. The molecule has 3 heterocycles. The Kier molecular flexibility index (Phi) is 4.36. The van der Waals surface area contributed by atoms with Crippen LogP contribution < -0.4 is 10.1 Å². The van der Waals surface area contributed by atoms with E-state index in [-0.39, 0.29) is 18.1 Å². The van der Waals surface area contributed by atoms with Crippen molar-refractivity contribution in [2.24, 2.45) is 0 Å². The zero-order valence-electron chi connectivity index (χ0n) is 14.2. The highest BCUT2D eigenvalue weighted by Gasteiger charge is 2.34. The molecule has 2 atom stereocenters. The minimum absolute atomic E-state index is 0.0248. The number of urea groups is 1. The Morgan fingerprint density at radius 2 is 2.20 bits per heavy atom. The first-order chi connectivity index (χ1) is 12.3. The number of nitrogens with zero attached hydrogens (tertiary/aromatic N) is 1. The van der Waals surface area contributed by atoms with Gasteiger partial charge in [-0.3, -0.25) is 0 Å². The van der Waals surface area contributed by atoms with E-state index in [0.29, 0.717) is 13.2 Å². The molecule has 2 aliphatic rings. The highest BCUT2D eigenvalue weighted by Crippen LogP contribution is 2.35. The van der Waals surface area contributed by atoms with Crippen LogP contribution in [0.25, 0.3) is 0 Å². The molecule has 2 aliphatic heterocycles. The first-order valence-corrected chi connectivity index (χ1v) is 8.62. The van der Waals surface area contributed by atoms with Crippen LogP contribution in [0.4, 0.5) is 4.79 Å². The number of amides is 2. The average molecular weight is 342 g/mol. The quantitative estimate of drug-likeness (QED) is 0.925. The second-order valence-corrected chi connectivity index (χ2v) is 6.44. The first kappa shape index (κ1) is 16.0. The first-order valence-electron chi connectivity index (χ1n) is 8.62. The fourth-order valence-corrected chi connectivity index (χ4v) is 3.61. The van der Waals surface area contributed by atoms with E-state index in [1.54, 1.807) is 7.11 Å². The van der Waals surface area contributed by atoms with E-state index in [1.165, 1.54) is 0 Å². The molecule has 1 aromatic heterocycles. The maximum Gasteiger partial charge on any atom is 0.318 e. The van der Waals surface area contributed by atoms with Crippen LogP contribution in [0.5, 0.6) is 5.75 Å². The molecule has 0 aliphatic carbocycles. The number of hydrogen-bond donors (Lipinski definition) is 1. The van der Waals surface area contributed by atoms with Crippen molar-refractivity contribution in [3.8, 4) is 5.75 Å². The molecule has 6 nitrogen and oxygen atoms in total. The van der Waals surface area contributed by atoms with Crippen molar-refractivity contribution in [1.29, 1.82) is 0 Å². The van der Waals surface area contributed by atoms with Crippen LogP contribution in [0.15, 0.2) is 40.8 Å². The second-order valence-electron chi connectivity index (χ2n) is 6.44. The molecule has 0 bridgehead atoms. The van der Waals surface area contributed by atoms with Crippen LogP contribution in [-0.2, 0) is 11.3 Å². The molecular weight excluding hydrogens is 320 g/mol. The third kappa shape index (κ3) is 3.09. The number of ether oxygens (including phenoxy) is 2. The summed E-state index contributed by atoms with van der Waals surface area (Å²) in [5.41, 5.74) is 1.03. The van der Waals surface area contributed by atoms with Crippen molar-refractivity contribution in [2.45, 2.75) is 31.5 Å². The summed E-state index contributed by atoms with van der Waals surface area (Å²) in [6.07, 6.45) is 1.88. The maximum absolute atomic E-state index is 12.8. The summed E-state index contributed by atoms with van der Waals surface area (Å²) < 4.78 is 16.6. The molecule has 25 heavy (non-hydrogen) atoms. The van der Waals surface area contributed by atoms with E-state index in [1.807, 2.05) is 41.3 Å². The molecule has 1 aromatic carbocycles. The number of fused-ring (bicyclic) bond motifs is 1. The number of rotatable bonds is 4. The van der Waals surface area contributed by atoms with Gasteiger partial charge in [0.25, 0.3) is 0 Å². The smallest absolute Gasteiger partial charge is 0.318 e. The molecule has 1 N–H and O–H groups in total. The molecule has 4 rings (SSSR count). The molecule has 2 unspecified atom stereocenters. The lowest BCUT2D eigenvalue weighted by molar-refractivity contribution is 0.155. The van der Waals surface area contributed by atoms with Gasteiger partial charge in [-0.1, -0.05) is 18.2 Å². The molecule has 2 aromatic rings. The van der Waals surface area contributed by atoms with Gasteiger partial charge in [-0.15, -0.1) is 0 Å². The van der Waals surface area contributed by atoms with Crippen molar-refractivity contribution < 1.29 is 18.7 Å². The van der Waals surface area contributed by atoms with E-state index in [4.69, 9.17) is 13.9 Å². The van der Waals surface area contributed by atoms with Gasteiger partial charge in [0.1, 0.15) is 30.5 Å². The standard InChI is InChI=1S/C19H22N2O4/c1-23-11-13-8-9-18(25-13)16-6-4-10-21(16)19(22)20-15-12-24-17-7-3-2-5-14(15)17/h2-3,5,7-9,15-16H,4,6,10-12H2,1H3,(H,20,22). The zero-order valence-corrected chi connectivity index (χ0v) is 14.2. The number of nitrogens with one attached hydrogen (secondary N) is 1. The summed E-state index contributed by atoms with van der Waals surface area (Å²) in [4.78, 5) is 14.7. The number of furan rings is 1. The van der Waals surface area contributed by atoms with Crippen molar-refractivity contribution in [2.75, 3.05) is 20.3 Å². The predicted octanol–water partition coefficient (Wildman–Crippen LogP) is 3.41. The van der Waals surface area contributed by atoms with Gasteiger partial charge in [0.05, 0.1) is 12.1 Å². The lowest BCUT2D eigenvalue weighted by Gasteiger charge is -2.25. The van der Waals surface area contributed by atoms with Gasteiger partial charge in [-0.05, 0) is 31.0 Å². The average Bonchev–Trinajstić information content (AvgIpc) is 3.34. The van der Waals surface area contributed by atoms with Crippen molar-refractivity contribution in [3.63, 3.8) is 0 Å². The number of likely N-dealkylation sites (tertiary alicyclic amines) is 1. The van der Waals surface area contributed by atoms with Gasteiger partial charge < -0.3 is 24.1 Å². The number of carbonyl (C=O) groups is 1. The van der Waals surface area contributed by atoms with Gasteiger partial charge in [0.2, 0.25) is 0 Å². The Balaban J connectivity index is 1.46. The predicted molar refractivity (Wildman–Crippen MR) is 91.3 cm³/mol. The van der Waals surface area contributed by atoms with Gasteiger partial charge in [0, 0.05) is 19.2 Å². The number of carbonyl (C=O) groups excluding carboxylic acids is 1. The molecule has 132 valence electrons. The van der Waals surface area contributed by atoms with Crippen LogP contribution in [0.1, 0.15) is 42.0 Å². The number of benzene rings is 1. The Bertz CT molecular complexity index is 757. The van der Waals surface area contributed by atoms with Crippen LogP contribution in [0, 0.1) is 0 Å². The Morgan fingerprint density at radius 3 is 3.08 bits per heavy atom. The third-order valence-electron chi connectivity index (χ3n) is 4.81. The van der Waals surface area contributed by atoms with Crippen molar-refractivity contribution in [3.05, 3.63) is 53.5 Å². The van der Waals surface area contributed by atoms with Gasteiger partial charge in [0.15, 0.2) is 0 Å².